The van der Waals surface area contributed by atoms with Crippen LogP contribution >= 0.6 is 0 Å². The first kappa shape index (κ1) is 12.0. The molecule has 0 spiro atoms. The van der Waals surface area contributed by atoms with Gasteiger partial charge >= 0.3 is 0 Å². The summed E-state index contributed by atoms with van der Waals surface area (Å²) in [4.78, 5) is 2.55. The summed E-state index contributed by atoms with van der Waals surface area (Å²) in [7, 11) is 1.77. The van der Waals surface area contributed by atoms with Crippen LogP contribution in [0.1, 0.15) is 26.2 Å². The van der Waals surface area contributed by atoms with Gasteiger partial charge in [-0.3, -0.25) is 4.90 Å². The maximum atomic E-state index is 5.72. The Labute approximate surface area is 87.6 Å². The molecule has 1 atom stereocenters. The Morgan fingerprint density at radius 1 is 1.50 bits per heavy atom. The minimum Gasteiger partial charge on any atom is -0.383 e. The van der Waals surface area contributed by atoms with Crippen LogP contribution in [-0.4, -0.2) is 44.3 Å². The van der Waals surface area contributed by atoms with E-state index in [-0.39, 0.29) is 0 Å². The van der Waals surface area contributed by atoms with Gasteiger partial charge < -0.3 is 10.5 Å². The number of nitrogens with zero attached hydrogens (tertiary/aromatic N) is 1. The van der Waals surface area contributed by atoms with Crippen LogP contribution in [0.4, 0.5) is 0 Å². The molecule has 0 aromatic rings. The number of rotatable bonds is 8. The van der Waals surface area contributed by atoms with Crippen molar-refractivity contribution >= 4 is 0 Å². The topological polar surface area (TPSA) is 38.5 Å². The molecule has 1 unspecified atom stereocenters. The zero-order valence-corrected chi connectivity index (χ0v) is 9.54. The van der Waals surface area contributed by atoms with Crippen LogP contribution in [-0.2, 0) is 4.74 Å². The molecule has 0 aromatic heterocycles. The van der Waals surface area contributed by atoms with E-state index in [0.29, 0.717) is 5.92 Å². The third-order valence-electron chi connectivity index (χ3n) is 3.05. The van der Waals surface area contributed by atoms with Crippen molar-refractivity contribution in [3.63, 3.8) is 0 Å². The second-order valence-corrected chi connectivity index (χ2v) is 4.23. The van der Waals surface area contributed by atoms with Crippen molar-refractivity contribution in [3.05, 3.63) is 0 Å². The molecule has 3 heteroatoms. The first-order valence-corrected chi connectivity index (χ1v) is 5.74. The highest BCUT2D eigenvalue weighted by atomic mass is 16.5. The first-order valence-electron chi connectivity index (χ1n) is 5.74. The molecule has 0 heterocycles. The van der Waals surface area contributed by atoms with Crippen molar-refractivity contribution in [2.75, 3.05) is 33.4 Å². The largest absolute Gasteiger partial charge is 0.383 e. The third kappa shape index (κ3) is 3.95. The highest BCUT2D eigenvalue weighted by Gasteiger charge is 2.29. The lowest BCUT2D eigenvalue weighted by molar-refractivity contribution is 0.132. The lowest BCUT2D eigenvalue weighted by Gasteiger charge is -2.25. The van der Waals surface area contributed by atoms with E-state index < -0.39 is 0 Å². The SMILES string of the molecule is CCC(CN)CN(CCOC)C1CC1. The molecule has 1 aliphatic carbocycles. The fourth-order valence-corrected chi connectivity index (χ4v) is 1.77. The molecule has 1 saturated carbocycles. The van der Waals surface area contributed by atoms with E-state index in [0.717, 1.165) is 32.3 Å². The van der Waals surface area contributed by atoms with Crippen molar-refractivity contribution in [2.45, 2.75) is 32.2 Å². The van der Waals surface area contributed by atoms with E-state index in [1.54, 1.807) is 7.11 Å². The highest BCUT2D eigenvalue weighted by Crippen LogP contribution is 2.27. The van der Waals surface area contributed by atoms with Crippen LogP contribution in [0.25, 0.3) is 0 Å². The van der Waals surface area contributed by atoms with E-state index in [1.165, 1.54) is 19.3 Å². The Bertz CT molecular complexity index is 144. The van der Waals surface area contributed by atoms with Crippen LogP contribution in [0.5, 0.6) is 0 Å². The van der Waals surface area contributed by atoms with Crippen molar-refractivity contribution in [1.29, 1.82) is 0 Å². The van der Waals surface area contributed by atoms with Crippen LogP contribution in [0.2, 0.25) is 0 Å². The Morgan fingerprint density at radius 2 is 2.21 bits per heavy atom. The van der Waals surface area contributed by atoms with Gasteiger partial charge in [0.1, 0.15) is 0 Å². The third-order valence-corrected chi connectivity index (χ3v) is 3.05. The quantitative estimate of drug-likeness (QED) is 0.637. The second-order valence-electron chi connectivity index (χ2n) is 4.23. The molecule has 14 heavy (non-hydrogen) atoms. The molecule has 0 aliphatic heterocycles. The van der Waals surface area contributed by atoms with Gasteiger partial charge in [-0.15, -0.1) is 0 Å². The average Bonchev–Trinajstić information content (AvgIpc) is 3.02. The lowest BCUT2D eigenvalue weighted by Crippen LogP contribution is -2.36. The lowest BCUT2D eigenvalue weighted by atomic mass is 10.1. The average molecular weight is 200 g/mol. The molecule has 0 saturated heterocycles. The van der Waals surface area contributed by atoms with Crippen molar-refractivity contribution in [1.82, 2.24) is 4.90 Å². The first-order chi connectivity index (χ1) is 6.81. The van der Waals surface area contributed by atoms with E-state index in [2.05, 4.69) is 11.8 Å². The van der Waals surface area contributed by atoms with Gasteiger partial charge in [0, 0.05) is 26.2 Å². The molecule has 84 valence electrons. The molecule has 1 fully saturated rings. The number of hydrogen-bond acceptors (Lipinski definition) is 3. The second kappa shape index (κ2) is 6.38. The zero-order chi connectivity index (χ0) is 10.4. The molecular formula is C11H24N2O. The maximum Gasteiger partial charge on any atom is 0.0589 e. The van der Waals surface area contributed by atoms with Crippen molar-refractivity contribution < 1.29 is 4.74 Å². The maximum absolute atomic E-state index is 5.72. The fourth-order valence-electron chi connectivity index (χ4n) is 1.77. The van der Waals surface area contributed by atoms with E-state index in [9.17, 15) is 0 Å². The van der Waals surface area contributed by atoms with Gasteiger partial charge in [0.05, 0.1) is 6.61 Å². The summed E-state index contributed by atoms with van der Waals surface area (Å²) < 4.78 is 5.13. The van der Waals surface area contributed by atoms with Gasteiger partial charge in [-0.25, -0.2) is 0 Å². The summed E-state index contributed by atoms with van der Waals surface area (Å²) >= 11 is 0. The Kier molecular flexibility index (Phi) is 5.45. The summed E-state index contributed by atoms with van der Waals surface area (Å²) in [5, 5.41) is 0. The van der Waals surface area contributed by atoms with Crippen molar-refractivity contribution in [2.24, 2.45) is 11.7 Å². The molecule has 2 N–H and O–H groups in total. The summed E-state index contributed by atoms with van der Waals surface area (Å²) in [6.07, 6.45) is 3.92. The molecule has 1 aliphatic rings. The molecule has 0 amide bonds. The number of hydrogen-bond donors (Lipinski definition) is 1. The van der Waals surface area contributed by atoms with Gasteiger partial charge in [-0.1, -0.05) is 13.3 Å². The number of nitrogens with two attached hydrogens (primary N) is 1. The van der Waals surface area contributed by atoms with Crippen LogP contribution in [0.3, 0.4) is 0 Å². The van der Waals surface area contributed by atoms with Gasteiger partial charge in [0.25, 0.3) is 0 Å². The van der Waals surface area contributed by atoms with E-state index in [4.69, 9.17) is 10.5 Å². The van der Waals surface area contributed by atoms with Crippen LogP contribution < -0.4 is 5.73 Å². The fraction of sp³-hybridized carbons (Fsp3) is 1.00. The van der Waals surface area contributed by atoms with Gasteiger partial charge in [-0.05, 0) is 25.3 Å². The van der Waals surface area contributed by atoms with Crippen LogP contribution in [0, 0.1) is 5.92 Å². The van der Waals surface area contributed by atoms with E-state index >= 15 is 0 Å². The Morgan fingerprint density at radius 3 is 2.64 bits per heavy atom. The standard InChI is InChI=1S/C11H24N2O/c1-3-10(8-12)9-13(6-7-14-2)11-4-5-11/h10-11H,3-9,12H2,1-2H3. The smallest absolute Gasteiger partial charge is 0.0589 e. The van der Waals surface area contributed by atoms with Gasteiger partial charge in [0.2, 0.25) is 0 Å². The summed E-state index contributed by atoms with van der Waals surface area (Å²) in [6, 6.07) is 0.825. The molecule has 3 nitrogen and oxygen atoms in total. The van der Waals surface area contributed by atoms with Crippen molar-refractivity contribution in [3.8, 4) is 0 Å². The monoisotopic (exact) mass is 200 g/mol. The minimum atomic E-state index is 0.660. The molecular weight excluding hydrogens is 176 g/mol. The summed E-state index contributed by atoms with van der Waals surface area (Å²) in [5.41, 5.74) is 5.72. The Hall–Kier alpha value is -0.120. The Balaban J connectivity index is 2.26. The number of methoxy groups -OCH3 is 1. The van der Waals surface area contributed by atoms with Gasteiger partial charge in [-0.2, -0.15) is 0 Å². The molecule has 1 rings (SSSR count). The number of ether oxygens (including phenoxy) is 1. The molecule has 0 aromatic carbocycles. The predicted octanol–water partition coefficient (Wildman–Crippen LogP) is 1.08. The minimum absolute atomic E-state index is 0.660. The van der Waals surface area contributed by atoms with E-state index in [1.807, 2.05) is 0 Å². The molecule has 0 bridgehead atoms. The van der Waals surface area contributed by atoms with Crippen LogP contribution in [0.15, 0.2) is 0 Å². The normalized spacial score (nSPS) is 18.9. The molecule has 0 radical (unpaired) electrons. The van der Waals surface area contributed by atoms with Gasteiger partial charge in [0.15, 0.2) is 0 Å². The predicted molar refractivity (Wildman–Crippen MR) is 59.3 cm³/mol. The highest BCUT2D eigenvalue weighted by molar-refractivity contribution is 4.85. The summed E-state index contributed by atoms with van der Waals surface area (Å²) in [6.45, 7) is 6.10. The zero-order valence-electron chi connectivity index (χ0n) is 9.54. The summed E-state index contributed by atoms with van der Waals surface area (Å²) in [5.74, 6) is 0.660.